The predicted molar refractivity (Wildman–Crippen MR) is 78.1 cm³/mol. The van der Waals surface area contributed by atoms with Crippen LogP contribution in [0.3, 0.4) is 0 Å². The van der Waals surface area contributed by atoms with Gasteiger partial charge < -0.3 is 10.6 Å². The lowest BCUT2D eigenvalue weighted by Gasteiger charge is -2.31. The van der Waals surface area contributed by atoms with Crippen LogP contribution < -0.4 is 5.73 Å². The fourth-order valence-electron chi connectivity index (χ4n) is 1.84. The van der Waals surface area contributed by atoms with E-state index in [4.69, 9.17) is 5.73 Å². The summed E-state index contributed by atoms with van der Waals surface area (Å²) in [5, 5.41) is 1.97. The van der Waals surface area contributed by atoms with E-state index in [-0.39, 0.29) is 11.3 Å². The van der Waals surface area contributed by atoms with Crippen molar-refractivity contribution in [3.05, 3.63) is 21.9 Å². The lowest BCUT2D eigenvalue weighted by molar-refractivity contribution is 0.0694. The molecule has 4 heteroatoms. The van der Waals surface area contributed by atoms with Crippen molar-refractivity contribution >= 4 is 17.2 Å². The number of nitrogens with two attached hydrogens (primary N) is 1. The van der Waals surface area contributed by atoms with Crippen LogP contribution in [0.25, 0.3) is 0 Å². The van der Waals surface area contributed by atoms with E-state index < -0.39 is 0 Å². The number of carbonyl (C=O) groups excluding carboxylic acids is 1. The maximum Gasteiger partial charge on any atom is 0.264 e. The Morgan fingerprint density at radius 2 is 2.17 bits per heavy atom. The topological polar surface area (TPSA) is 46.3 Å². The molecule has 102 valence electrons. The van der Waals surface area contributed by atoms with Crippen molar-refractivity contribution in [3.8, 4) is 0 Å². The molecule has 1 amide bonds. The molecule has 0 saturated carbocycles. The highest BCUT2D eigenvalue weighted by Crippen LogP contribution is 2.21. The summed E-state index contributed by atoms with van der Waals surface area (Å²) >= 11 is 1.52. The summed E-state index contributed by atoms with van der Waals surface area (Å²) in [6, 6.07) is 2.00. The molecule has 18 heavy (non-hydrogen) atoms. The number of hydrogen-bond acceptors (Lipinski definition) is 3. The van der Waals surface area contributed by atoms with Crippen LogP contribution in [0, 0.1) is 12.3 Å². The van der Waals surface area contributed by atoms with Crippen molar-refractivity contribution in [1.82, 2.24) is 4.90 Å². The first-order chi connectivity index (χ1) is 8.41. The Bertz CT molecular complexity index is 398. The second kappa shape index (κ2) is 6.34. The van der Waals surface area contributed by atoms with Crippen molar-refractivity contribution in [2.24, 2.45) is 11.1 Å². The highest BCUT2D eigenvalue weighted by molar-refractivity contribution is 7.12. The molecule has 0 aliphatic rings. The molecule has 1 aromatic rings. The van der Waals surface area contributed by atoms with E-state index in [1.165, 1.54) is 11.3 Å². The van der Waals surface area contributed by atoms with Gasteiger partial charge in [-0.05, 0) is 42.3 Å². The zero-order valence-corrected chi connectivity index (χ0v) is 12.6. The van der Waals surface area contributed by atoms with Gasteiger partial charge >= 0.3 is 0 Å². The molecule has 0 fully saturated rings. The standard InChI is InChI=1S/C14H24N2OS/c1-5-7-16(10-14(3,4)9-15)13(17)12-11(2)6-8-18-12/h6,8H,5,7,9-10,15H2,1-4H3. The molecule has 0 aliphatic carbocycles. The summed E-state index contributed by atoms with van der Waals surface area (Å²) < 4.78 is 0. The van der Waals surface area contributed by atoms with E-state index >= 15 is 0 Å². The Hall–Kier alpha value is -0.870. The number of hydrogen-bond donors (Lipinski definition) is 1. The number of nitrogens with zero attached hydrogens (tertiary/aromatic N) is 1. The Morgan fingerprint density at radius 1 is 1.50 bits per heavy atom. The van der Waals surface area contributed by atoms with Gasteiger partial charge in [-0.15, -0.1) is 11.3 Å². The largest absolute Gasteiger partial charge is 0.337 e. The number of rotatable bonds is 6. The molecular formula is C14H24N2OS. The second-order valence-electron chi connectivity index (χ2n) is 5.53. The van der Waals surface area contributed by atoms with E-state index in [0.29, 0.717) is 13.1 Å². The van der Waals surface area contributed by atoms with Crippen molar-refractivity contribution in [1.29, 1.82) is 0 Å². The van der Waals surface area contributed by atoms with Gasteiger partial charge in [0.1, 0.15) is 0 Å². The maximum atomic E-state index is 12.5. The van der Waals surface area contributed by atoms with Crippen LogP contribution in [0.5, 0.6) is 0 Å². The van der Waals surface area contributed by atoms with Crippen LogP contribution >= 0.6 is 11.3 Å². The molecule has 3 nitrogen and oxygen atoms in total. The third-order valence-electron chi connectivity index (χ3n) is 3.01. The molecule has 0 atom stereocenters. The molecule has 1 heterocycles. The second-order valence-corrected chi connectivity index (χ2v) is 6.44. The van der Waals surface area contributed by atoms with Gasteiger partial charge in [0.2, 0.25) is 0 Å². The summed E-state index contributed by atoms with van der Waals surface area (Å²) in [6.45, 7) is 10.4. The van der Waals surface area contributed by atoms with Crippen LogP contribution in [0.15, 0.2) is 11.4 Å². The molecule has 0 radical (unpaired) electrons. The molecule has 1 aromatic heterocycles. The minimum atomic E-state index is -0.0318. The number of thiophene rings is 1. The molecule has 0 saturated heterocycles. The van der Waals surface area contributed by atoms with Crippen molar-refractivity contribution in [2.75, 3.05) is 19.6 Å². The minimum Gasteiger partial charge on any atom is -0.337 e. The van der Waals surface area contributed by atoms with Gasteiger partial charge in [-0.3, -0.25) is 4.79 Å². The first-order valence-electron chi connectivity index (χ1n) is 6.44. The molecule has 0 spiro atoms. The minimum absolute atomic E-state index is 0.0318. The quantitative estimate of drug-likeness (QED) is 0.862. The Kier molecular flexibility index (Phi) is 5.35. The van der Waals surface area contributed by atoms with E-state index in [0.717, 1.165) is 23.4 Å². The highest BCUT2D eigenvalue weighted by Gasteiger charge is 2.25. The Morgan fingerprint density at radius 3 is 2.61 bits per heavy atom. The lowest BCUT2D eigenvalue weighted by atomic mass is 9.93. The number of aryl methyl sites for hydroxylation is 1. The SMILES string of the molecule is CCCN(CC(C)(C)CN)C(=O)c1sccc1C. The van der Waals surface area contributed by atoms with E-state index in [1.54, 1.807) is 0 Å². The molecule has 0 unspecified atom stereocenters. The smallest absolute Gasteiger partial charge is 0.264 e. The molecule has 0 aliphatic heterocycles. The zero-order chi connectivity index (χ0) is 13.8. The van der Waals surface area contributed by atoms with E-state index in [1.807, 2.05) is 23.3 Å². The van der Waals surface area contributed by atoms with Gasteiger partial charge in [0.05, 0.1) is 4.88 Å². The average molecular weight is 268 g/mol. The van der Waals surface area contributed by atoms with Gasteiger partial charge in [0.25, 0.3) is 5.91 Å². The maximum absolute atomic E-state index is 12.5. The van der Waals surface area contributed by atoms with Gasteiger partial charge in [-0.2, -0.15) is 0 Å². The summed E-state index contributed by atoms with van der Waals surface area (Å²) in [5.41, 5.74) is 6.80. The molecule has 2 N–H and O–H groups in total. The number of amides is 1. The summed E-state index contributed by atoms with van der Waals surface area (Å²) in [5.74, 6) is 0.144. The first kappa shape index (κ1) is 15.2. The van der Waals surface area contributed by atoms with Crippen LogP contribution in [0.1, 0.15) is 42.4 Å². The predicted octanol–water partition coefficient (Wildman–Crippen LogP) is 2.89. The zero-order valence-electron chi connectivity index (χ0n) is 11.8. The van der Waals surface area contributed by atoms with Gasteiger partial charge in [0.15, 0.2) is 0 Å². The van der Waals surface area contributed by atoms with E-state index in [9.17, 15) is 4.79 Å². The van der Waals surface area contributed by atoms with E-state index in [2.05, 4.69) is 20.8 Å². The number of carbonyl (C=O) groups is 1. The summed E-state index contributed by atoms with van der Waals surface area (Å²) in [6.07, 6.45) is 0.969. The van der Waals surface area contributed by atoms with Crippen LogP contribution in [-0.4, -0.2) is 30.4 Å². The van der Waals surface area contributed by atoms with Crippen molar-refractivity contribution in [2.45, 2.75) is 34.1 Å². The van der Waals surface area contributed by atoms with Crippen LogP contribution in [-0.2, 0) is 0 Å². The Balaban J connectivity index is 2.85. The monoisotopic (exact) mass is 268 g/mol. The third kappa shape index (κ3) is 3.82. The van der Waals surface area contributed by atoms with Crippen LogP contribution in [0.2, 0.25) is 0 Å². The summed E-state index contributed by atoms with van der Waals surface area (Å²) in [7, 11) is 0. The first-order valence-corrected chi connectivity index (χ1v) is 7.32. The Labute approximate surface area is 114 Å². The average Bonchev–Trinajstić information content (AvgIpc) is 2.74. The molecule has 0 bridgehead atoms. The fraction of sp³-hybridized carbons (Fsp3) is 0.643. The van der Waals surface area contributed by atoms with Crippen LogP contribution in [0.4, 0.5) is 0 Å². The van der Waals surface area contributed by atoms with Gasteiger partial charge in [0, 0.05) is 13.1 Å². The summed E-state index contributed by atoms with van der Waals surface area (Å²) in [4.78, 5) is 15.3. The fourth-order valence-corrected chi connectivity index (χ4v) is 2.73. The normalized spacial score (nSPS) is 11.6. The van der Waals surface area contributed by atoms with Crippen molar-refractivity contribution < 1.29 is 4.79 Å². The molecular weight excluding hydrogens is 244 g/mol. The lowest BCUT2D eigenvalue weighted by Crippen LogP contribution is -2.42. The van der Waals surface area contributed by atoms with Gasteiger partial charge in [-0.1, -0.05) is 20.8 Å². The highest BCUT2D eigenvalue weighted by atomic mass is 32.1. The van der Waals surface area contributed by atoms with Gasteiger partial charge in [-0.25, -0.2) is 0 Å². The molecule has 1 rings (SSSR count). The third-order valence-corrected chi connectivity index (χ3v) is 4.01. The molecule has 0 aromatic carbocycles. The van der Waals surface area contributed by atoms with Crippen molar-refractivity contribution in [3.63, 3.8) is 0 Å².